The molecule has 2 aromatic rings. The molecule has 0 bridgehead atoms. The third-order valence-electron chi connectivity index (χ3n) is 5.73. The number of thioether (sulfide) groups is 1. The molecule has 0 spiro atoms. The van der Waals surface area contributed by atoms with Crippen molar-refractivity contribution in [3.63, 3.8) is 0 Å². The van der Waals surface area contributed by atoms with E-state index in [1.807, 2.05) is 11.0 Å². The van der Waals surface area contributed by atoms with Gasteiger partial charge in [0.1, 0.15) is 15.8 Å². The smallest absolute Gasteiger partial charge is 0.409 e. The molecular formula is C23H27N5O5S2. The molecular weight excluding hydrogens is 490 g/mol. The Hall–Kier alpha value is -2.96. The van der Waals surface area contributed by atoms with E-state index in [0.717, 1.165) is 0 Å². The van der Waals surface area contributed by atoms with Gasteiger partial charge >= 0.3 is 6.09 Å². The van der Waals surface area contributed by atoms with Crippen LogP contribution in [0.3, 0.4) is 0 Å². The number of methoxy groups -OCH3 is 1. The second-order valence-electron chi connectivity index (χ2n) is 7.94. The summed E-state index contributed by atoms with van der Waals surface area (Å²) in [5.74, 6) is 0.251. The number of anilines is 1. The molecule has 0 radical (unpaired) electrons. The summed E-state index contributed by atoms with van der Waals surface area (Å²) in [7, 11) is 1.61. The van der Waals surface area contributed by atoms with Crippen LogP contribution >= 0.6 is 24.0 Å². The largest absolute Gasteiger partial charge is 0.450 e. The van der Waals surface area contributed by atoms with Gasteiger partial charge in [0.05, 0.1) is 17.1 Å². The summed E-state index contributed by atoms with van der Waals surface area (Å²) in [4.78, 5) is 48.9. The van der Waals surface area contributed by atoms with Crippen molar-refractivity contribution < 1.29 is 19.1 Å². The minimum atomic E-state index is -0.351. The third kappa shape index (κ3) is 5.34. The SMILES string of the molecule is CCOC(=O)N1CCN(c2nc3ccccn3c(=O)c2/C=C2\SC(=S)N(CCCOC)C2=O)CC1. The third-order valence-corrected chi connectivity index (χ3v) is 7.11. The van der Waals surface area contributed by atoms with Crippen LogP contribution in [0.4, 0.5) is 10.6 Å². The summed E-state index contributed by atoms with van der Waals surface area (Å²) < 4.78 is 12.1. The Morgan fingerprint density at radius 3 is 2.71 bits per heavy atom. The quantitative estimate of drug-likeness (QED) is 0.311. The Morgan fingerprint density at radius 2 is 2.00 bits per heavy atom. The first kappa shape index (κ1) is 25.1. The van der Waals surface area contributed by atoms with Crippen molar-refractivity contribution in [1.29, 1.82) is 0 Å². The normalized spacial score (nSPS) is 17.7. The highest BCUT2D eigenvalue weighted by molar-refractivity contribution is 8.26. The molecule has 2 amide bonds. The van der Waals surface area contributed by atoms with Gasteiger partial charge in [-0.05, 0) is 31.6 Å². The van der Waals surface area contributed by atoms with E-state index in [2.05, 4.69) is 0 Å². The van der Waals surface area contributed by atoms with Crippen molar-refractivity contribution in [3.05, 3.63) is 45.2 Å². The van der Waals surface area contributed by atoms with Gasteiger partial charge in [-0.15, -0.1) is 0 Å². The van der Waals surface area contributed by atoms with Gasteiger partial charge in [-0.2, -0.15) is 0 Å². The molecule has 10 nitrogen and oxygen atoms in total. The fourth-order valence-corrected chi connectivity index (χ4v) is 5.26. The number of fused-ring (bicyclic) bond motifs is 1. The predicted octanol–water partition coefficient (Wildman–Crippen LogP) is 2.21. The summed E-state index contributed by atoms with van der Waals surface area (Å²) >= 11 is 6.59. The lowest BCUT2D eigenvalue weighted by Crippen LogP contribution is -2.49. The molecule has 2 aromatic heterocycles. The average Bonchev–Trinajstić information content (AvgIpc) is 3.13. The van der Waals surface area contributed by atoms with Gasteiger partial charge in [0.25, 0.3) is 11.5 Å². The number of piperazine rings is 1. The van der Waals surface area contributed by atoms with Crippen LogP contribution < -0.4 is 10.5 Å². The molecule has 4 rings (SSSR count). The number of nitrogens with zero attached hydrogens (tertiary/aromatic N) is 5. The molecule has 2 fully saturated rings. The van der Waals surface area contributed by atoms with Crippen molar-refractivity contribution in [2.24, 2.45) is 0 Å². The topological polar surface area (TPSA) is 96.7 Å². The molecule has 0 atom stereocenters. The van der Waals surface area contributed by atoms with Crippen LogP contribution in [0, 0.1) is 0 Å². The van der Waals surface area contributed by atoms with E-state index >= 15 is 0 Å². The summed E-state index contributed by atoms with van der Waals surface area (Å²) in [6.07, 6.45) is 3.56. The second kappa shape index (κ2) is 11.2. The molecule has 4 heterocycles. The molecule has 186 valence electrons. The number of aromatic nitrogens is 2. The predicted molar refractivity (Wildman–Crippen MR) is 139 cm³/mol. The van der Waals surface area contributed by atoms with Crippen LogP contribution in [0.15, 0.2) is 34.1 Å². The molecule has 0 aromatic carbocycles. The molecule has 12 heteroatoms. The summed E-state index contributed by atoms with van der Waals surface area (Å²) in [6, 6.07) is 5.33. The maximum absolute atomic E-state index is 13.5. The summed E-state index contributed by atoms with van der Waals surface area (Å²) in [5, 5.41) is 0. The van der Waals surface area contributed by atoms with E-state index in [1.165, 1.54) is 21.1 Å². The standard InChI is InChI=1S/C23H27N5O5S2/c1-3-33-22(31)26-12-10-25(11-13-26)19-16(20(29)27-8-5-4-7-18(27)24-19)15-17-21(30)28(23(34)35-17)9-6-14-32-2/h4-5,7-8,15H,3,6,9-14H2,1-2H3/b17-15-. The van der Waals surface area contributed by atoms with Gasteiger partial charge in [0.2, 0.25) is 0 Å². The van der Waals surface area contributed by atoms with Crippen LogP contribution in [0.1, 0.15) is 18.9 Å². The zero-order valence-electron chi connectivity index (χ0n) is 19.6. The van der Waals surface area contributed by atoms with Gasteiger partial charge in [-0.3, -0.25) is 18.9 Å². The maximum atomic E-state index is 13.5. The highest BCUT2D eigenvalue weighted by atomic mass is 32.2. The van der Waals surface area contributed by atoms with Gasteiger partial charge in [-0.25, -0.2) is 9.78 Å². The monoisotopic (exact) mass is 517 g/mol. The summed E-state index contributed by atoms with van der Waals surface area (Å²) in [6.45, 7) is 4.90. The Morgan fingerprint density at radius 1 is 1.23 bits per heavy atom. The van der Waals surface area contributed by atoms with Gasteiger partial charge < -0.3 is 19.3 Å². The van der Waals surface area contributed by atoms with Gasteiger partial charge in [-0.1, -0.05) is 30.0 Å². The molecule has 2 aliphatic heterocycles. The van der Waals surface area contributed by atoms with E-state index in [0.29, 0.717) is 78.6 Å². The number of carbonyl (C=O) groups is 2. The van der Waals surface area contributed by atoms with Crippen molar-refractivity contribution in [1.82, 2.24) is 19.2 Å². The zero-order chi connectivity index (χ0) is 24.9. The molecule has 0 N–H and O–H groups in total. The first-order valence-corrected chi connectivity index (χ1v) is 12.6. The number of pyridine rings is 1. The zero-order valence-corrected chi connectivity index (χ0v) is 21.3. The molecule has 0 aliphatic carbocycles. The van der Waals surface area contributed by atoms with E-state index in [4.69, 9.17) is 26.7 Å². The average molecular weight is 518 g/mol. The number of hydrogen-bond donors (Lipinski definition) is 0. The van der Waals surface area contributed by atoms with Crippen molar-refractivity contribution in [2.45, 2.75) is 13.3 Å². The number of amides is 2. The fraction of sp³-hybridized carbons (Fsp3) is 0.435. The number of rotatable bonds is 7. The van der Waals surface area contributed by atoms with Crippen LogP contribution in [-0.4, -0.2) is 88.6 Å². The van der Waals surface area contributed by atoms with E-state index in [1.54, 1.807) is 43.3 Å². The Bertz CT molecular complexity index is 1220. The first-order valence-electron chi connectivity index (χ1n) is 11.4. The number of hydrogen-bond acceptors (Lipinski definition) is 9. The van der Waals surface area contributed by atoms with Crippen molar-refractivity contribution in [3.8, 4) is 0 Å². The Balaban J connectivity index is 1.68. The first-order chi connectivity index (χ1) is 16.9. The molecule has 2 aliphatic rings. The lowest BCUT2D eigenvalue weighted by Gasteiger charge is -2.35. The molecule has 0 unspecified atom stereocenters. The Labute approximate surface area is 212 Å². The fourth-order valence-electron chi connectivity index (χ4n) is 3.96. The lowest BCUT2D eigenvalue weighted by atomic mass is 10.2. The van der Waals surface area contributed by atoms with Crippen LogP contribution in [-0.2, 0) is 14.3 Å². The van der Waals surface area contributed by atoms with Crippen molar-refractivity contribution in [2.75, 3.05) is 57.9 Å². The van der Waals surface area contributed by atoms with Crippen LogP contribution in [0.25, 0.3) is 11.7 Å². The maximum Gasteiger partial charge on any atom is 0.409 e. The van der Waals surface area contributed by atoms with Gasteiger partial charge in [0.15, 0.2) is 0 Å². The van der Waals surface area contributed by atoms with E-state index < -0.39 is 0 Å². The molecule has 2 saturated heterocycles. The highest BCUT2D eigenvalue weighted by Gasteiger charge is 2.33. The minimum Gasteiger partial charge on any atom is -0.450 e. The number of carbonyl (C=O) groups excluding carboxylic acids is 2. The van der Waals surface area contributed by atoms with Crippen LogP contribution in [0.2, 0.25) is 0 Å². The van der Waals surface area contributed by atoms with Crippen molar-refractivity contribution >= 4 is 57.8 Å². The molecule has 0 saturated carbocycles. The summed E-state index contributed by atoms with van der Waals surface area (Å²) in [5.41, 5.74) is 0.545. The lowest BCUT2D eigenvalue weighted by molar-refractivity contribution is -0.122. The van der Waals surface area contributed by atoms with E-state index in [9.17, 15) is 14.4 Å². The van der Waals surface area contributed by atoms with Gasteiger partial charge in [0, 0.05) is 52.6 Å². The Kier molecular flexibility index (Phi) is 8.04. The minimum absolute atomic E-state index is 0.230. The number of ether oxygens (including phenoxy) is 2. The highest BCUT2D eigenvalue weighted by Crippen LogP contribution is 2.33. The number of thiocarbonyl (C=S) groups is 1. The van der Waals surface area contributed by atoms with Crippen LogP contribution in [0.5, 0.6) is 0 Å². The molecule has 35 heavy (non-hydrogen) atoms. The second-order valence-corrected chi connectivity index (χ2v) is 9.61. The van der Waals surface area contributed by atoms with E-state index in [-0.39, 0.29) is 17.6 Å².